The molecule has 0 bridgehead atoms. The first-order valence-electron chi connectivity index (χ1n) is 6.00. The molecule has 0 aliphatic rings. The fraction of sp³-hybridized carbons (Fsp3) is 0.583. The Labute approximate surface area is 107 Å². The van der Waals surface area contributed by atoms with Crippen LogP contribution in [0, 0.1) is 5.92 Å². The van der Waals surface area contributed by atoms with Crippen LogP contribution in [0.25, 0.3) is 0 Å². The minimum Gasteiger partial charge on any atom is -0.384 e. The number of methoxy groups -OCH3 is 1. The van der Waals surface area contributed by atoms with Crippen LogP contribution in [0.1, 0.15) is 24.3 Å². The Balaban J connectivity index is 2.53. The molecule has 0 aliphatic carbocycles. The van der Waals surface area contributed by atoms with E-state index in [-0.39, 0.29) is 11.8 Å². The van der Waals surface area contributed by atoms with Crippen molar-refractivity contribution >= 4 is 11.7 Å². The summed E-state index contributed by atoms with van der Waals surface area (Å²) in [5, 5.41) is 5.82. The Hall–Kier alpha value is -1.69. The first-order valence-corrected chi connectivity index (χ1v) is 6.00. The lowest BCUT2D eigenvalue weighted by Crippen LogP contribution is -2.30. The maximum absolute atomic E-state index is 11.8. The van der Waals surface area contributed by atoms with Gasteiger partial charge in [0.05, 0.1) is 19.0 Å². The van der Waals surface area contributed by atoms with Crippen molar-refractivity contribution in [3.8, 4) is 0 Å². The summed E-state index contributed by atoms with van der Waals surface area (Å²) in [6.07, 6.45) is 3.05. The van der Waals surface area contributed by atoms with Gasteiger partial charge in [-0.2, -0.15) is 0 Å². The number of carbonyl (C=O) groups is 1. The zero-order valence-corrected chi connectivity index (χ0v) is 11.1. The van der Waals surface area contributed by atoms with Crippen molar-refractivity contribution in [2.24, 2.45) is 5.92 Å². The van der Waals surface area contributed by atoms with Crippen LogP contribution in [0.4, 0.5) is 5.82 Å². The highest BCUT2D eigenvalue weighted by atomic mass is 16.5. The van der Waals surface area contributed by atoms with E-state index in [1.54, 1.807) is 13.3 Å². The number of hydrogen-bond acceptors (Lipinski definition) is 5. The second-order valence-corrected chi connectivity index (χ2v) is 4.09. The summed E-state index contributed by atoms with van der Waals surface area (Å²) >= 11 is 0. The molecule has 0 saturated carbocycles. The summed E-state index contributed by atoms with van der Waals surface area (Å²) in [6.45, 7) is 5.87. The van der Waals surface area contributed by atoms with Gasteiger partial charge >= 0.3 is 0 Å². The molecule has 1 amide bonds. The second kappa shape index (κ2) is 7.60. The van der Waals surface area contributed by atoms with E-state index in [0.29, 0.717) is 24.7 Å². The van der Waals surface area contributed by atoms with Crippen molar-refractivity contribution in [3.05, 3.63) is 18.1 Å². The maximum Gasteiger partial charge on any atom is 0.271 e. The number of nitrogens with zero attached hydrogens (tertiary/aromatic N) is 2. The second-order valence-electron chi connectivity index (χ2n) is 4.09. The van der Waals surface area contributed by atoms with Gasteiger partial charge in [-0.25, -0.2) is 4.98 Å². The Kier molecular flexibility index (Phi) is 6.07. The summed E-state index contributed by atoms with van der Waals surface area (Å²) < 4.78 is 5.00. The predicted molar refractivity (Wildman–Crippen MR) is 69.6 cm³/mol. The van der Waals surface area contributed by atoms with E-state index < -0.39 is 0 Å². The highest BCUT2D eigenvalue weighted by molar-refractivity contribution is 5.92. The van der Waals surface area contributed by atoms with Crippen LogP contribution < -0.4 is 10.6 Å². The third-order valence-electron chi connectivity index (χ3n) is 2.29. The van der Waals surface area contributed by atoms with Crippen LogP contribution in [0.5, 0.6) is 0 Å². The lowest BCUT2D eigenvalue weighted by Gasteiger charge is -2.11. The van der Waals surface area contributed by atoms with Crippen molar-refractivity contribution in [1.82, 2.24) is 15.3 Å². The quantitative estimate of drug-likeness (QED) is 0.754. The summed E-state index contributed by atoms with van der Waals surface area (Å²) in [7, 11) is 1.64. The molecule has 1 aromatic rings. The molecular weight excluding hydrogens is 232 g/mol. The standard InChI is InChI=1S/C12H20N4O2/c1-4-14-11-7-13-6-10(16-11)12(17)15-5-9(2)8-18-3/h6-7,9H,4-5,8H2,1-3H3,(H,14,16)(H,15,17). The van der Waals surface area contributed by atoms with Crippen molar-refractivity contribution < 1.29 is 9.53 Å². The van der Waals surface area contributed by atoms with Gasteiger partial charge in [0, 0.05) is 20.2 Å². The molecule has 100 valence electrons. The number of rotatable bonds is 7. The van der Waals surface area contributed by atoms with E-state index >= 15 is 0 Å². The minimum absolute atomic E-state index is 0.217. The first-order chi connectivity index (χ1) is 8.67. The molecule has 0 saturated heterocycles. The Bertz CT molecular complexity index is 384. The monoisotopic (exact) mass is 252 g/mol. The van der Waals surface area contributed by atoms with E-state index in [9.17, 15) is 4.79 Å². The Morgan fingerprint density at radius 2 is 2.28 bits per heavy atom. The number of hydrogen-bond donors (Lipinski definition) is 2. The van der Waals surface area contributed by atoms with Crippen molar-refractivity contribution in [1.29, 1.82) is 0 Å². The van der Waals surface area contributed by atoms with Gasteiger partial charge in [-0.1, -0.05) is 6.92 Å². The first kappa shape index (κ1) is 14.4. The molecule has 0 spiro atoms. The number of carbonyl (C=O) groups excluding carboxylic acids is 1. The zero-order valence-electron chi connectivity index (χ0n) is 11.1. The van der Waals surface area contributed by atoms with E-state index in [1.165, 1.54) is 6.20 Å². The van der Waals surface area contributed by atoms with E-state index in [0.717, 1.165) is 6.54 Å². The molecule has 1 heterocycles. The van der Waals surface area contributed by atoms with Gasteiger partial charge in [0.1, 0.15) is 11.5 Å². The van der Waals surface area contributed by atoms with Crippen LogP contribution >= 0.6 is 0 Å². The highest BCUT2D eigenvalue weighted by Gasteiger charge is 2.10. The molecule has 1 rings (SSSR count). The molecule has 6 nitrogen and oxygen atoms in total. The van der Waals surface area contributed by atoms with Crippen LogP contribution in [0.15, 0.2) is 12.4 Å². The molecule has 0 aliphatic heterocycles. The topological polar surface area (TPSA) is 76.1 Å². The fourth-order valence-electron chi connectivity index (χ4n) is 1.44. The fourth-order valence-corrected chi connectivity index (χ4v) is 1.44. The van der Waals surface area contributed by atoms with Gasteiger partial charge in [-0.15, -0.1) is 0 Å². The Morgan fingerprint density at radius 1 is 1.50 bits per heavy atom. The average Bonchev–Trinajstić information content (AvgIpc) is 2.37. The number of anilines is 1. The number of nitrogens with one attached hydrogen (secondary N) is 2. The summed E-state index contributed by atoms with van der Waals surface area (Å²) in [5.41, 5.74) is 0.318. The molecule has 1 atom stereocenters. The third-order valence-corrected chi connectivity index (χ3v) is 2.29. The number of ether oxygens (including phenoxy) is 1. The van der Waals surface area contributed by atoms with E-state index in [2.05, 4.69) is 20.6 Å². The lowest BCUT2D eigenvalue weighted by molar-refractivity contribution is 0.0929. The van der Waals surface area contributed by atoms with Crippen molar-refractivity contribution in [2.75, 3.05) is 32.1 Å². The van der Waals surface area contributed by atoms with Gasteiger partial charge in [0.25, 0.3) is 5.91 Å². The van der Waals surface area contributed by atoms with Crippen LogP contribution in [-0.2, 0) is 4.74 Å². The minimum atomic E-state index is -0.217. The van der Waals surface area contributed by atoms with Gasteiger partial charge in [0.2, 0.25) is 0 Å². The largest absolute Gasteiger partial charge is 0.384 e. The zero-order chi connectivity index (χ0) is 13.4. The molecular formula is C12H20N4O2. The molecule has 2 N–H and O–H groups in total. The van der Waals surface area contributed by atoms with E-state index in [1.807, 2.05) is 13.8 Å². The van der Waals surface area contributed by atoms with Crippen molar-refractivity contribution in [3.63, 3.8) is 0 Å². The predicted octanol–water partition coefficient (Wildman–Crippen LogP) is 0.921. The smallest absolute Gasteiger partial charge is 0.271 e. The van der Waals surface area contributed by atoms with Crippen LogP contribution in [0.3, 0.4) is 0 Å². The summed E-state index contributed by atoms with van der Waals surface area (Å²) in [6, 6.07) is 0. The molecule has 1 unspecified atom stereocenters. The van der Waals surface area contributed by atoms with Crippen LogP contribution in [-0.4, -0.2) is 42.7 Å². The van der Waals surface area contributed by atoms with Crippen LogP contribution in [0.2, 0.25) is 0 Å². The van der Waals surface area contributed by atoms with Gasteiger partial charge < -0.3 is 15.4 Å². The molecule has 0 radical (unpaired) electrons. The van der Waals surface area contributed by atoms with Gasteiger partial charge in [-0.3, -0.25) is 9.78 Å². The van der Waals surface area contributed by atoms with Crippen molar-refractivity contribution in [2.45, 2.75) is 13.8 Å². The summed E-state index contributed by atoms with van der Waals surface area (Å²) in [5.74, 6) is 0.657. The van der Waals surface area contributed by atoms with E-state index in [4.69, 9.17) is 4.74 Å². The molecule has 0 fully saturated rings. The Morgan fingerprint density at radius 3 is 2.94 bits per heavy atom. The maximum atomic E-state index is 11.8. The summed E-state index contributed by atoms with van der Waals surface area (Å²) in [4.78, 5) is 20.0. The molecule has 18 heavy (non-hydrogen) atoms. The van der Waals surface area contributed by atoms with Gasteiger partial charge in [-0.05, 0) is 12.8 Å². The molecule has 0 aromatic carbocycles. The molecule has 1 aromatic heterocycles. The number of aromatic nitrogens is 2. The molecule has 6 heteroatoms. The highest BCUT2D eigenvalue weighted by Crippen LogP contribution is 2.02. The lowest BCUT2D eigenvalue weighted by atomic mass is 10.2. The SMILES string of the molecule is CCNc1cncc(C(=O)NCC(C)COC)n1. The average molecular weight is 252 g/mol. The normalized spacial score (nSPS) is 11.9. The van der Waals surface area contributed by atoms with Gasteiger partial charge in [0.15, 0.2) is 0 Å². The third kappa shape index (κ3) is 4.67. The number of amides is 1.